The average Bonchev–Trinajstić information content (AvgIpc) is 2.90. The van der Waals surface area contributed by atoms with Crippen molar-refractivity contribution in [1.82, 2.24) is 10.2 Å². The van der Waals surface area contributed by atoms with Crippen LogP contribution in [-0.2, 0) is 9.53 Å². The monoisotopic (exact) mass is 292 g/mol. The SMILES string of the molecule is CC1CC(c2ccc(F)cc2)CN1C(=O)C1COCCN1. The molecule has 3 unspecified atom stereocenters. The number of nitrogens with one attached hydrogen (secondary N) is 1. The molecule has 3 atom stereocenters. The van der Waals surface area contributed by atoms with Gasteiger partial charge < -0.3 is 15.0 Å². The van der Waals surface area contributed by atoms with Crippen LogP contribution in [0.5, 0.6) is 0 Å². The van der Waals surface area contributed by atoms with Crippen molar-refractivity contribution in [3.63, 3.8) is 0 Å². The van der Waals surface area contributed by atoms with Gasteiger partial charge in [-0.15, -0.1) is 0 Å². The summed E-state index contributed by atoms with van der Waals surface area (Å²) in [7, 11) is 0. The van der Waals surface area contributed by atoms with Gasteiger partial charge in [-0.25, -0.2) is 4.39 Å². The number of carbonyl (C=O) groups excluding carboxylic acids is 1. The molecule has 0 saturated carbocycles. The predicted octanol–water partition coefficient (Wildman–Crippen LogP) is 1.52. The van der Waals surface area contributed by atoms with Crippen molar-refractivity contribution in [3.05, 3.63) is 35.6 Å². The number of hydrogen-bond donors (Lipinski definition) is 1. The lowest BCUT2D eigenvalue weighted by atomic mass is 9.97. The third-order valence-corrected chi connectivity index (χ3v) is 4.42. The highest BCUT2D eigenvalue weighted by Crippen LogP contribution is 2.32. The lowest BCUT2D eigenvalue weighted by molar-refractivity contribution is -0.136. The summed E-state index contributed by atoms with van der Waals surface area (Å²) in [5.41, 5.74) is 1.10. The fourth-order valence-electron chi connectivity index (χ4n) is 3.24. The smallest absolute Gasteiger partial charge is 0.242 e. The van der Waals surface area contributed by atoms with Crippen LogP contribution in [-0.4, -0.2) is 49.2 Å². The number of hydrogen-bond acceptors (Lipinski definition) is 3. The molecular weight excluding hydrogens is 271 g/mol. The van der Waals surface area contributed by atoms with Crippen LogP contribution in [0.25, 0.3) is 0 Å². The molecule has 114 valence electrons. The van der Waals surface area contributed by atoms with Crippen LogP contribution in [0, 0.1) is 5.82 Å². The molecule has 2 fully saturated rings. The Bertz CT molecular complexity index is 500. The fourth-order valence-corrected chi connectivity index (χ4v) is 3.24. The second kappa shape index (κ2) is 6.12. The van der Waals surface area contributed by atoms with Gasteiger partial charge in [-0.1, -0.05) is 12.1 Å². The number of amides is 1. The topological polar surface area (TPSA) is 41.6 Å². The van der Waals surface area contributed by atoms with Gasteiger partial charge in [0.2, 0.25) is 5.91 Å². The van der Waals surface area contributed by atoms with Crippen molar-refractivity contribution in [2.24, 2.45) is 0 Å². The fraction of sp³-hybridized carbons (Fsp3) is 0.562. The van der Waals surface area contributed by atoms with Gasteiger partial charge in [0, 0.05) is 25.0 Å². The maximum absolute atomic E-state index is 13.0. The quantitative estimate of drug-likeness (QED) is 0.898. The lowest BCUT2D eigenvalue weighted by Gasteiger charge is -2.29. The highest BCUT2D eigenvalue weighted by Gasteiger charge is 2.36. The van der Waals surface area contributed by atoms with Crippen molar-refractivity contribution in [1.29, 1.82) is 0 Å². The standard InChI is InChI=1S/C16H21FN2O2/c1-11-8-13(12-2-4-14(17)5-3-12)9-19(11)16(20)15-10-21-7-6-18-15/h2-5,11,13,15,18H,6-10H2,1H3. The van der Waals surface area contributed by atoms with Crippen LogP contribution in [0.15, 0.2) is 24.3 Å². The minimum Gasteiger partial charge on any atom is -0.378 e. The third-order valence-electron chi connectivity index (χ3n) is 4.42. The summed E-state index contributed by atoms with van der Waals surface area (Å²) in [5, 5.41) is 3.21. The number of carbonyl (C=O) groups is 1. The van der Waals surface area contributed by atoms with Crippen molar-refractivity contribution in [2.75, 3.05) is 26.3 Å². The Labute approximate surface area is 124 Å². The van der Waals surface area contributed by atoms with E-state index >= 15 is 0 Å². The van der Waals surface area contributed by atoms with E-state index in [4.69, 9.17) is 4.74 Å². The summed E-state index contributed by atoms with van der Waals surface area (Å²) in [6.07, 6.45) is 0.922. The highest BCUT2D eigenvalue weighted by atomic mass is 19.1. The van der Waals surface area contributed by atoms with Gasteiger partial charge in [0.15, 0.2) is 0 Å². The van der Waals surface area contributed by atoms with E-state index in [1.807, 2.05) is 17.0 Å². The molecule has 3 rings (SSSR count). The van der Waals surface area contributed by atoms with Crippen molar-refractivity contribution >= 4 is 5.91 Å². The van der Waals surface area contributed by atoms with Crippen LogP contribution >= 0.6 is 0 Å². The first-order valence-electron chi connectivity index (χ1n) is 7.52. The van der Waals surface area contributed by atoms with Gasteiger partial charge in [-0.2, -0.15) is 0 Å². The van der Waals surface area contributed by atoms with Crippen molar-refractivity contribution < 1.29 is 13.9 Å². The van der Waals surface area contributed by atoms with E-state index in [0.29, 0.717) is 19.8 Å². The number of likely N-dealkylation sites (tertiary alicyclic amines) is 1. The molecule has 1 aromatic carbocycles. The zero-order valence-corrected chi connectivity index (χ0v) is 12.2. The molecule has 0 aliphatic carbocycles. The van der Waals surface area contributed by atoms with E-state index in [0.717, 1.165) is 18.5 Å². The number of rotatable bonds is 2. The number of benzene rings is 1. The van der Waals surface area contributed by atoms with E-state index in [1.165, 1.54) is 12.1 Å². The second-order valence-electron chi connectivity index (χ2n) is 5.91. The van der Waals surface area contributed by atoms with E-state index in [2.05, 4.69) is 12.2 Å². The number of morpholine rings is 1. The van der Waals surface area contributed by atoms with E-state index in [-0.39, 0.29) is 29.7 Å². The molecule has 21 heavy (non-hydrogen) atoms. The Morgan fingerprint density at radius 1 is 1.38 bits per heavy atom. The summed E-state index contributed by atoms with van der Waals surface area (Å²) in [4.78, 5) is 14.5. The van der Waals surface area contributed by atoms with Gasteiger partial charge in [-0.05, 0) is 31.0 Å². The van der Waals surface area contributed by atoms with Gasteiger partial charge in [-0.3, -0.25) is 4.79 Å². The Kier molecular flexibility index (Phi) is 4.22. The van der Waals surface area contributed by atoms with Gasteiger partial charge in [0.1, 0.15) is 11.9 Å². The van der Waals surface area contributed by atoms with E-state index < -0.39 is 0 Å². The molecule has 2 saturated heterocycles. The number of halogens is 1. The average molecular weight is 292 g/mol. The molecule has 4 nitrogen and oxygen atoms in total. The molecule has 1 amide bonds. The summed E-state index contributed by atoms with van der Waals surface area (Å²) in [6, 6.07) is 6.59. The lowest BCUT2D eigenvalue weighted by Crippen LogP contribution is -2.53. The summed E-state index contributed by atoms with van der Waals surface area (Å²) >= 11 is 0. The zero-order chi connectivity index (χ0) is 14.8. The van der Waals surface area contributed by atoms with Gasteiger partial charge in [0.05, 0.1) is 13.2 Å². The molecule has 0 radical (unpaired) electrons. The molecule has 0 aromatic heterocycles. The minimum absolute atomic E-state index is 0.117. The normalized spacial score (nSPS) is 29.6. The summed E-state index contributed by atoms with van der Waals surface area (Å²) in [6.45, 7) is 4.61. The van der Waals surface area contributed by atoms with Gasteiger partial charge >= 0.3 is 0 Å². The van der Waals surface area contributed by atoms with Crippen LogP contribution in [0.3, 0.4) is 0 Å². The summed E-state index contributed by atoms with van der Waals surface area (Å²) in [5.74, 6) is 0.183. The molecule has 1 aromatic rings. The summed E-state index contributed by atoms with van der Waals surface area (Å²) < 4.78 is 18.4. The van der Waals surface area contributed by atoms with Crippen LogP contribution in [0.1, 0.15) is 24.8 Å². The Morgan fingerprint density at radius 2 is 2.14 bits per heavy atom. The first kappa shape index (κ1) is 14.5. The molecule has 5 heteroatoms. The molecular formula is C16H21FN2O2. The maximum atomic E-state index is 13.0. The molecule has 0 bridgehead atoms. The van der Waals surface area contributed by atoms with Crippen LogP contribution in [0.4, 0.5) is 4.39 Å². The first-order valence-corrected chi connectivity index (χ1v) is 7.52. The van der Waals surface area contributed by atoms with E-state index in [1.54, 1.807) is 0 Å². The molecule has 1 N–H and O–H groups in total. The highest BCUT2D eigenvalue weighted by molar-refractivity contribution is 5.82. The molecule has 2 aliphatic rings. The Hall–Kier alpha value is -1.46. The first-order chi connectivity index (χ1) is 10.1. The number of ether oxygens (including phenoxy) is 1. The van der Waals surface area contributed by atoms with Crippen molar-refractivity contribution in [2.45, 2.75) is 31.3 Å². The Morgan fingerprint density at radius 3 is 2.81 bits per heavy atom. The molecule has 0 spiro atoms. The zero-order valence-electron chi connectivity index (χ0n) is 12.2. The molecule has 2 heterocycles. The Balaban J connectivity index is 1.67. The van der Waals surface area contributed by atoms with Crippen LogP contribution in [0.2, 0.25) is 0 Å². The maximum Gasteiger partial charge on any atom is 0.242 e. The predicted molar refractivity (Wildman–Crippen MR) is 77.5 cm³/mol. The van der Waals surface area contributed by atoms with E-state index in [9.17, 15) is 9.18 Å². The minimum atomic E-state index is -0.229. The largest absolute Gasteiger partial charge is 0.378 e. The molecule has 2 aliphatic heterocycles. The second-order valence-corrected chi connectivity index (χ2v) is 5.91. The number of nitrogens with zero attached hydrogens (tertiary/aromatic N) is 1. The van der Waals surface area contributed by atoms with Gasteiger partial charge in [0.25, 0.3) is 0 Å². The van der Waals surface area contributed by atoms with Crippen LogP contribution < -0.4 is 5.32 Å². The third kappa shape index (κ3) is 3.09. The van der Waals surface area contributed by atoms with Crippen molar-refractivity contribution in [3.8, 4) is 0 Å².